The van der Waals surface area contributed by atoms with E-state index < -0.39 is 0 Å². The van der Waals surface area contributed by atoms with Gasteiger partial charge in [0.25, 0.3) is 0 Å². The average Bonchev–Trinajstić information content (AvgIpc) is 2.28. The Morgan fingerprint density at radius 3 is 2.44 bits per heavy atom. The average molecular weight is 250 g/mol. The van der Waals surface area contributed by atoms with Crippen LogP contribution in [0.4, 0.5) is 11.4 Å². The Balaban J connectivity index is 2.94. The van der Waals surface area contributed by atoms with Gasteiger partial charge in [-0.2, -0.15) is 0 Å². The molecule has 0 fully saturated rings. The molecule has 1 aromatic carbocycles. The third kappa shape index (κ3) is 3.95. The minimum absolute atomic E-state index is 0.0805. The SMILES string of the molecule is COc1ccc(NC(C)=O)cc1NC(C)C(C)C. The number of benzene rings is 1. The summed E-state index contributed by atoms with van der Waals surface area (Å²) in [5.41, 5.74) is 1.66. The molecular weight excluding hydrogens is 228 g/mol. The van der Waals surface area contributed by atoms with Crippen LogP contribution in [0.2, 0.25) is 0 Å². The van der Waals surface area contributed by atoms with Gasteiger partial charge in [-0.1, -0.05) is 13.8 Å². The van der Waals surface area contributed by atoms with Crippen LogP contribution >= 0.6 is 0 Å². The fourth-order valence-corrected chi connectivity index (χ4v) is 1.51. The minimum Gasteiger partial charge on any atom is -0.495 e. The molecule has 0 saturated carbocycles. The second-order valence-electron chi connectivity index (χ2n) is 4.77. The Morgan fingerprint density at radius 1 is 1.28 bits per heavy atom. The Kier molecular flexibility index (Phi) is 5.01. The summed E-state index contributed by atoms with van der Waals surface area (Å²) < 4.78 is 5.31. The maximum absolute atomic E-state index is 11.0. The van der Waals surface area contributed by atoms with E-state index in [2.05, 4.69) is 31.4 Å². The van der Waals surface area contributed by atoms with E-state index in [9.17, 15) is 4.79 Å². The second-order valence-corrected chi connectivity index (χ2v) is 4.77. The predicted octanol–water partition coefficient (Wildman–Crippen LogP) is 3.11. The van der Waals surface area contributed by atoms with Crippen LogP contribution in [-0.4, -0.2) is 19.1 Å². The molecule has 0 radical (unpaired) electrons. The van der Waals surface area contributed by atoms with Crippen molar-refractivity contribution in [2.24, 2.45) is 5.92 Å². The van der Waals surface area contributed by atoms with E-state index >= 15 is 0 Å². The maximum Gasteiger partial charge on any atom is 0.221 e. The van der Waals surface area contributed by atoms with Crippen LogP contribution in [0.5, 0.6) is 5.75 Å². The van der Waals surface area contributed by atoms with Gasteiger partial charge in [0, 0.05) is 18.7 Å². The van der Waals surface area contributed by atoms with Crippen molar-refractivity contribution < 1.29 is 9.53 Å². The number of methoxy groups -OCH3 is 1. The number of anilines is 2. The molecule has 0 aromatic heterocycles. The Hall–Kier alpha value is -1.71. The lowest BCUT2D eigenvalue weighted by atomic mass is 10.1. The zero-order valence-electron chi connectivity index (χ0n) is 11.7. The minimum atomic E-state index is -0.0805. The van der Waals surface area contributed by atoms with Crippen LogP contribution in [-0.2, 0) is 4.79 Å². The molecule has 0 aliphatic rings. The normalized spacial score (nSPS) is 12.1. The van der Waals surface area contributed by atoms with Crippen molar-refractivity contribution >= 4 is 17.3 Å². The molecule has 4 heteroatoms. The molecule has 0 aliphatic carbocycles. The zero-order chi connectivity index (χ0) is 13.7. The molecule has 1 atom stereocenters. The van der Waals surface area contributed by atoms with Crippen LogP contribution in [0.15, 0.2) is 18.2 Å². The highest BCUT2D eigenvalue weighted by atomic mass is 16.5. The molecule has 1 rings (SSSR count). The lowest BCUT2D eigenvalue weighted by molar-refractivity contribution is -0.114. The van der Waals surface area contributed by atoms with Crippen molar-refractivity contribution in [3.05, 3.63) is 18.2 Å². The lowest BCUT2D eigenvalue weighted by Crippen LogP contribution is -2.22. The molecular formula is C14H22N2O2. The highest BCUT2D eigenvalue weighted by Gasteiger charge is 2.11. The van der Waals surface area contributed by atoms with E-state index in [1.54, 1.807) is 7.11 Å². The smallest absolute Gasteiger partial charge is 0.221 e. The highest BCUT2D eigenvalue weighted by molar-refractivity contribution is 5.89. The quantitative estimate of drug-likeness (QED) is 0.844. The van der Waals surface area contributed by atoms with E-state index in [0.717, 1.165) is 17.1 Å². The van der Waals surface area contributed by atoms with Crippen molar-refractivity contribution in [1.29, 1.82) is 0 Å². The van der Waals surface area contributed by atoms with Gasteiger partial charge in [0.1, 0.15) is 5.75 Å². The first-order valence-corrected chi connectivity index (χ1v) is 6.16. The van der Waals surface area contributed by atoms with E-state index in [1.165, 1.54) is 6.92 Å². The van der Waals surface area contributed by atoms with Gasteiger partial charge >= 0.3 is 0 Å². The van der Waals surface area contributed by atoms with Crippen LogP contribution in [0.3, 0.4) is 0 Å². The molecule has 1 aromatic rings. The van der Waals surface area contributed by atoms with Gasteiger partial charge in [-0.3, -0.25) is 4.79 Å². The molecule has 0 saturated heterocycles. The topological polar surface area (TPSA) is 50.4 Å². The van der Waals surface area contributed by atoms with Gasteiger partial charge in [-0.15, -0.1) is 0 Å². The van der Waals surface area contributed by atoms with Gasteiger partial charge in [0.05, 0.1) is 12.8 Å². The standard InChI is InChI=1S/C14H22N2O2/c1-9(2)10(3)15-13-8-12(16-11(4)17)6-7-14(13)18-5/h6-10,15H,1-5H3,(H,16,17). The van der Waals surface area contributed by atoms with Crippen molar-refractivity contribution in [2.75, 3.05) is 17.7 Å². The van der Waals surface area contributed by atoms with Gasteiger partial charge in [-0.05, 0) is 31.0 Å². The number of ether oxygens (including phenoxy) is 1. The Labute approximate surface area is 109 Å². The van der Waals surface area contributed by atoms with Crippen molar-refractivity contribution in [1.82, 2.24) is 0 Å². The molecule has 100 valence electrons. The summed E-state index contributed by atoms with van der Waals surface area (Å²) in [6.07, 6.45) is 0. The number of hydrogen-bond donors (Lipinski definition) is 2. The third-order valence-electron chi connectivity index (χ3n) is 2.90. The summed E-state index contributed by atoms with van der Waals surface area (Å²) in [7, 11) is 1.64. The first-order valence-electron chi connectivity index (χ1n) is 6.16. The van der Waals surface area contributed by atoms with Gasteiger partial charge in [0.15, 0.2) is 0 Å². The van der Waals surface area contributed by atoms with Crippen molar-refractivity contribution in [3.8, 4) is 5.75 Å². The summed E-state index contributed by atoms with van der Waals surface area (Å²) in [6.45, 7) is 7.92. The van der Waals surface area contributed by atoms with Crippen molar-refractivity contribution in [2.45, 2.75) is 33.7 Å². The lowest BCUT2D eigenvalue weighted by Gasteiger charge is -2.21. The molecule has 1 amide bonds. The van der Waals surface area contributed by atoms with Crippen LogP contribution in [0.25, 0.3) is 0 Å². The first-order chi connectivity index (χ1) is 8.43. The van der Waals surface area contributed by atoms with Crippen molar-refractivity contribution in [3.63, 3.8) is 0 Å². The Bertz CT molecular complexity index is 416. The van der Waals surface area contributed by atoms with Crippen LogP contribution in [0.1, 0.15) is 27.7 Å². The largest absolute Gasteiger partial charge is 0.495 e. The number of carbonyl (C=O) groups excluding carboxylic acids is 1. The Morgan fingerprint density at radius 2 is 1.94 bits per heavy atom. The molecule has 0 spiro atoms. The van der Waals surface area contributed by atoms with E-state index in [0.29, 0.717) is 12.0 Å². The predicted molar refractivity (Wildman–Crippen MR) is 75.2 cm³/mol. The van der Waals surface area contributed by atoms with Gasteiger partial charge in [0.2, 0.25) is 5.91 Å². The van der Waals surface area contributed by atoms with Gasteiger partial charge in [-0.25, -0.2) is 0 Å². The first kappa shape index (κ1) is 14.4. The zero-order valence-corrected chi connectivity index (χ0v) is 11.7. The number of amides is 1. The second kappa shape index (κ2) is 6.28. The summed E-state index contributed by atoms with van der Waals surface area (Å²) in [4.78, 5) is 11.0. The van der Waals surface area contributed by atoms with Crippen LogP contribution in [0, 0.1) is 5.92 Å². The third-order valence-corrected chi connectivity index (χ3v) is 2.90. The monoisotopic (exact) mass is 250 g/mol. The van der Waals surface area contributed by atoms with E-state index in [4.69, 9.17) is 4.74 Å². The summed E-state index contributed by atoms with van der Waals surface area (Å²) in [5.74, 6) is 1.21. The molecule has 1 unspecified atom stereocenters. The fourth-order valence-electron chi connectivity index (χ4n) is 1.51. The molecule has 0 bridgehead atoms. The van der Waals surface area contributed by atoms with E-state index in [1.807, 2.05) is 18.2 Å². The number of carbonyl (C=O) groups is 1. The fraction of sp³-hybridized carbons (Fsp3) is 0.500. The summed E-state index contributed by atoms with van der Waals surface area (Å²) in [5, 5.41) is 6.16. The van der Waals surface area contributed by atoms with Crippen LogP contribution < -0.4 is 15.4 Å². The summed E-state index contributed by atoms with van der Waals surface area (Å²) in [6, 6.07) is 5.89. The van der Waals surface area contributed by atoms with Gasteiger partial charge < -0.3 is 15.4 Å². The molecule has 0 aliphatic heterocycles. The highest BCUT2D eigenvalue weighted by Crippen LogP contribution is 2.29. The molecule has 0 heterocycles. The molecule has 4 nitrogen and oxygen atoms in total. The number of rotatable bonds is 5. The molecule has 2 N–H and O–H groups in total. The number of hydrogen-bond acceptors (Lipinski definition) is 3. The number of nitrogens with one attached hydrogen (secondary N) is 2. The van der Waals surface area contributed by atoms with E-state index in [-0.39, 0.29) is 5.91 Å². The summed E-state index contributed by atoms with van der Waals surface area (Å²) >= 11 is 0. The molecule has 18 heavy (non-hydrogen) atoms. The maximum atomic E-state index is 11.0.